The van der Waals surface area contributed by atoms with E-state index in [0.717, 1.165) is 12.8 Å². The molecule has 1 amide bonds. The number of nitrogens with zero attached hydrogens (tertiary/aromatic N) is 1. The van der Waals surface area contributed by atoms with E-state index in [9.17, 15) is 9.90 Å². The minimum atomic E-state index is -0.458. The molecule has 0 aromatic heterocycles. The number of rotatable bonds is 3. The highest BCUT2D eigenvalue weighted by Gasteiger charge is 2.32. The molecule has 0 aliphatic heterocycles. The topological polar surface area (TPSA) is 73.1 Å². The van der Waals surface area contributed by atoms with E-state index in [-0.39, 0.29) is 17.2 Å². The Hall–Kier alpha value is -1.54. The third-order valence-electron chi connectivity index (χ3n) is 2.72. The van der Waals surface area contributed by atoms with Crippen molar-refractivity contribution in [1.82, 2.24) is 5.32 Å². The summed E-state index contributed by atoms with van der Waals surface area (Å²) in [7, 11) is 0. The van der Waals surface area contributed by atoms with Crippen LogP contribution in [0.2, 0.25) is 0 Å². The first-order valence-corrected chi connectivity index (χ1v) is 6.10. The van der Waals surface area contributed by atoms with E-state index in [1.54, 1.807) is 6.07 Å². The van der Waals surface area contributed by atoms with E-state index < -0.39 is 11.9 Å². The van der Waals surface area contributed by atoms with E-state index >= 15 is 0 Å². The Morgan fingerprint density at radius 1 is 1.59 bits per heavy atom. The predicted octanol–water partition coefficient (Wildman–Crippen LogP) is 2.19. The fourth-order valence-corrected chi connectivity index (χ4v) is 1.96. The number of phenolic OH excluding ortho intramolecular Hbond substituents is 1. The zero-order chi connectivity index (χ0) is 12.4. The van der Waals surface area contributed by atoms with Gasteiger partial charge >= 0.3 is 0 Å². The highest BCUT2D eigenvalue weighted by atomic mass is 79.9. The lowest BCUT2D eigenvalue weighted by Gasteiger charge is -2.11. The summed E-state index contributed by atoms with van der Waals surface area (Å²) in [5, 5.41) is 21.1. The number of carbonyl (C=O) groups is 1. The fourth-order valence-electron chi connectivity index (χ4n) is 1.59. The average molecular weight is 295 g/mol. The van der Waals surface area contributed by atoms with E-state index in [4.69, 9.17) is 5.26 Å². The summed E-state index contributed by atoms with van der Waals surface area (Å²) in [6, 6.07) is 6.24. The fraction of sp³-hybridized carbons (Fsp3) is 0.333. The van der Waals surface area contributed by atoms with Crippen molar-refractivity contribution in [2.24, 2.45) is 5.92 Å². The molecule has 1 aliphatic carbocycles. The number of phenols is 1. The van der Waals surface area contributed by atoms with Crippen LogP contribution in [-0.2, 0) is 0 Å². The van der Waals surface area contributed by atoms with Crippen molar-refractivity contribution in [2.75, 3.05) is 0 Å². The molecule has 0 heterocycles. The molecule has 1 saturated carbocycles. The third kappa shape index (κ3) is 2.77. The van der Waals surface area contributed by atoms with Crippen LogP contribution in [0.5, 0.6) is 5.75 Å². The molecule has 1 unspecified atom stereocenters. The lowest BCUT2D eigenvalue weighted by molar-refractivity contribution is 0.0939. The maximum atomic E-state index is 11.9. The Kier molecular flexibility index (Phi) is 3.34. The van der Waals surface area contributed by atoms with Gasteiger partial charge in [-0.3, -0.25) is 4.79 Å². The minimum absolute atomic E-state index is 0.0850. The Bertz CT molecular complexity index is 492. The Morgan fingerprint density at radius 2 is 2.29 bits per heavy atom. The van der Waals surface area contributed by atoms with Crippen molar-refractivity contribution < 1.29 is 9.90 Å². The van der Waals surface area contributed by atoms with Gasteiger partial charge in [-0.25, -0.2) is 0 Å². The zero-order valence-corrected chi connectivity index (χ0v) is 10.6. The summed E-state index contributed by atoms with van der Waals surface area (Å²) in [5.74, 6) is -0.237. The normalized spacial score (nSPS) is 16.0. The molecule has 0 saturated heterocycles. The van der Waals surface area contributed by atoms with E-state index in [2.05, 4.69) is 27.3 Å². The van der Waals surface area contributed by atoms with E-state index in [1.807, 2.05) is 0 Å². The molecule has 1 atom stereocenters. The van der Waals surface area contributed by atoms with Crippen LogP contribution in [0.1, 0.15) is 23.2 Å². The molecule has 88 valence electrons. The van der Waals surface area contributed by atoms with Gasteiger partial charge in [0, 0.05) is 4.47 Å². The van der Waals surface area contributed by atoms with Crippen molar-refractivity contribution in [1.29, 1.82) is 5.26 Å². The average Bonchev–Trinajstić information content (AvgIpc) is 3.13. The van der Waals surface area contributed by atoms with Crippen LogP contribution < -0.4 is 5.32 Å². The van der Waals surface area contributed by atoms with Gasteiger partial charge in [-0.05, 0) is 37.0 Å². The molecule has 2 N–H and O–H groups in total. The van der Waals surface area contributed by atoms with Crippen LogP contribution in [-0.4, -0.2) is 17.1 Å². The first kappa shape index (κ1) is 11.9. The number of aromatic hydroxyl groups is 1. The van der Waals surface area contributed by atoms with Crippen molar-refractivity contribution in [3.63, 3.8) is 0 Å². The number of halogens is 1. The highest BCUT2D eigenvalue weighted by molar-refractivity contribution is 9.10. The molecule has 0 bridgehead atoms. The van der Waals surface area contributed by atoms with Crippen molar-refractivity contribution in [2.45, 2.75) is 18.9 Å². The largest absolute Gasteiger partial charge is 0.507 e. The van der Waals surface area contributed by atoms with E-state index in [1.165, 1.54) is 12.1 Å². The molecule has 1 aromatic rings. The Balaban J connectivity index is 2.13. The molecule has 1 aliphatic rings. The molecule has 5 heteroatoms. The summed E-state index contributed by atoms with van der Waals surface area (Å²) < 4.78 is 0.709. The number of benzene rings is 1. The van der Waals surface area contributed by atoms with Gasteiger partial charge in [-0.1, -0.05) is 15.9 Å². The molecule has 0 radical (unpaired) electrons. The maximum absolute atomic E-state index is 11.9. The lowest BCUT2D eigenvalue weighted by atomic mass is 10.1. The standard InChI is InChI=1S/C12H11BrN2O2/c13-8-3-4-11(16)9(5-8)12(17)15-10(6-14)7-1-2-7/h3-5,7,10,16H,1-2H2,(H,15,17). The first-order valence-electron chi connectivity index (χ1n) is 5.31. The molecular weight excluding hydrogens is 284 g/mol. The first-order chi connectivity index (χ1) is 8.11. The van der Waals surface area contributed by atoms with Crippen molar-refractivity contribution in [3.05, 3.63) is 28.2 Å². The second kappa shape index (κ2) is 4.76. The Labute approximate surface area is 107 Å². The number of carbonyl (C=O) groups excluding carboxylic acids is 1. The molecule has 0 spiro atoms. The van der Waals surface area contributed by atoms with Crippen LogP contribution in [0.25, 0.3) is 0 Å². The van der Waals surface area contributed by atoms with Crippen molar-refractivity contribution in [3.8, 4) is 11.8 Å². The number of hydrogen-bond acceptors (Lipinski definition) is 3. The van der Waals surface area contributed by atoms with Crippen LogP contribution in [0.3, 0.4) is 0 Å². The summed E-state index contributed by atoms with van der Waals surface area (Å²) in [6.45, 7) is 0. The van der Waals surface area contributed by atoms with Crippen molar-refractivity contribution >= 4 is 21.8 Å². The van der Waals surface area contributed by atoms with Gasteiger partial charge in [0.2, 0.25) is 0 Å². The summed E-state index contributed by atoms with van der Waals surface area (Å²) in [4.78, 5) is 11.9. The SMILES string of the molecule is N#CC(NC(=O)c1cc(Br)ccc1O)C1CC1. The molecule has 4 nitrogen and oxygen atoms in total. The van der Waals surface area contributed by atoms with Gasteiger partial charge in [0.15, 0.2) is 0 Å². The van der Waals surface area contributed by atoms with Gasteiger partial charge in [0.1, 0.15) is 11.8 Å². The number of hydrogen-bond donors (Lipinski definition) is 2. The smallest absolute Gasteiger partial charge is 0.256 e. The number of nitriles is 1. The quantitative estimate of drug-likeness (QED) is 0.897. The summed E-state index contributed by atoms with van der Waals surface area (Å²) >= 11 is 3.23. The monoisotopic (exact) mass is 294 g/mol. The van der Waals surface area contributed by atoms with Crippen LogP contribution in [0, 0.1) is 17.2 Å². The third-order valence-corrected chi connectivity index (χ3v) is 3.22. The van der Waals surface area contributed by atoms with Crippen LogP contribution in [0.15, 0.2) is 22.7 Å². The predicted molar refractivity (Wildman–Crippen MR) is 65.4 cm³/mol. The number of amides is 1. The van der Waals surface area contributed by atoms with Gasteiger partial charge in [0.25, 0.3) is 5.91 Å². The second-order valence-corrected chi connectivity index (χ2v) is 4.99. The van der Waals surface area contributed by atoms with Crippen LogP contribution in [0.4, 0.5) is 0 Å². The van der Waals surface area contributed by atoms with Gasteiger partial charge in [0.05, 0.1) is 11.6 Å². The second-order valence-electron chi connectivity index (χ2n) is 4.08. The van der Waals surface area contributed by atoms with Gasteiger partial charge in [-0.15, -0.1) is 0 Å². The van der Waals surface area contributed by atoms with Gasteiger partial charge in [-0.2, -0.15) is 5.26 Å². The molecular formula is C12H11BrN2O2. The van der Waals surface area contributed by atoms with E-state index in [0.29, 0.717) is 4.47 Å². The maximum Gasteiger partial charge on any atom is 0.256 e. The minimum Gasteiger partial charge on any atom is -0.507 e. The lowest BCUT2D eigenvalue weighted by Crippen LogP contribution is -2.35. The summed E-state index contributed by atoms with van der Waals surface area (Å²) in [5.41, 5.74) is 0.181. The molecule has 17 heavy (non-hydrogen) atoms. The highest BCUT2D eigenvalue weighted by Crippen LogP contribution is 2.32. The summed E-state index contributed by atoms with van der Waals surface area (Å²) in [6.07, 6.45) is 1.95. The van der Waals surface area contributed by atoms with Gasteiger partial charge < -0.3 is 10.4 Å². The molecule has 2 rings (SSSR count). The zero-order valence-electron chi connectivity index (χ0n) is 8.98. The molecule has 1 aromatic carbocycles. The Morgan fingerprint density at radius 3 is 2.88 bits per heavy atom. The van der Waals surface area contributed by atoms with Crippen LogP contribution >= 0.6 is 15.9 Å². The molecule has 1 fully saturated rings. The number of nitrogens with one attached hydrogen (secondary N) is 1.